The molecule has 2 fully saturated rings. The van der Waals surface area contributed by atoms with Crippen LogP contribution in [0, 0.1) is 11.8 Å². The van der Waals surface area contributed by atoms with E-state index in [0.717, 1.165) is 29.0 Å². The maximum absolute atomic E-state index is 6.12. The topological polar surface area (TPSA) is 29.3 Å². The Labute approximate surface area is 152 Å². The number of nitrogen functional groups attached to an aromatic ring is 1. The molecule has 1 saturated heterocycles. The number of hydrogen-bond donors (Lipinski definition) is 1. The molecular formula is C21H33ClN2. The smallest absolute Gasteiger partial charge is 0.0426 e. The molecule has 2 nitrogen and oxygen atoms in total. The third-order valence-electron chi connectivity index (χ3n) is 6.06. The molecule has 3 rings (SSSR count). The summed E-state index contributed by atoms with van der Waals surface area (Å²) in [4.78, 5) is 2.73. The molecule has 24 heavy (non-hydrogen) atoms. The minimum absolute atomic E-state index is 0.741. The molecule has 1 aromatic rings. The number of nitrogens with two attached hydrogens (primary N) is 1. The summed E-state index contributed by atoms with van der Waals surface area (Å²) in [6, 6.07) is 5.97. The van der Waals surface area contributed by atoms with E-state index in [1.807, 2.05) is 12.1 Å². The van der Waals surface area contributed by atoms with Gasteiger partial charge in [0, 0.05) is 17.3 Å². The van der Waals surface area contributed by atoms with E-state index in [0.29, 0.717) is 0 Å². The summed E-state index contributed by atoms with van der Waals surface area (Å²) in [6.07, 6.45) is 14.0. The van der Waals surface area contributed by atoms with Crippen LogP contribution in [0.4, 0.5) is 5.69 Å². The molecule has 1 aromatic carbocycles. The van der Waals surface area contributed by atoms with Crippen LogP contribution < -0.4 is 5.73 Å². The normalized spacial score (nSPS) is 22.2. The van der Waals surface area contributed by atoms with Crippen LogP contribution in [0.2, 0.25) is 5.02 Å². The van der Waals surface area contributed by atoms with Crippen molar-refractivity contribution in [3.05, 3.63) is 28.8 Å². The lowest BCUT2D eigenvalue weighted by Gasteiger charge is -2.35. The zero-order valence-electron chi connectivity index (χ0n) is 15.0. The van der Waals surface area contributed by atoms with Gasteiger partial charge in [-0.25, -0.2) is 0 Å². The van der Waals surface area contributed by atoms with Gasteiger partial charge in [-0.2, -0.15) is 0 Å². The van der Waals surface area contributed by atoms with Crippen molar-refractivity contribution in [2.24, 2.45) is 11.8 Å². The lowest BCUT2D eigenvalue weighted by Crippen LogP contribution is -2.37. The predicted octanol–water partition coefficient (Wildman–Crippen LogP) is 5.54. The highest BCUT2D eigenvalue weighted by Crippen LogP contribution is 2.28. The Bertz CT molecular complexity index is 501. The summed E-state index contributed by atoms with van der Waals surface area (Å²) in [5, 5.41) is 0.741. The Morgan fingerprint density at radius 3 is 2.25 bits per heavy atom. The molecule has 0 amide bonds. The van der Waals surface area contributed by atoms with Gasteiger partial charge in [0.2, 0.25) is 0 Å². The maximum Gasteiger partial charge on any atom is 0.0426 e. The van der Waals surface area contributed by atoms with Crippen LogP contribution in [0.1, 0.15) is 63.4 Å². The zero-order valence-corrected chi connectivity index (χ0v) is 15.7. The fourth-order valence-electron chi connectivity index (χ4n) is 4.52. The van der Waals surface area contributed by atoms with Gasteiger partial charge in [-0.05, 0) is 74.7 Å². The monoisotopic (exact) mass is 348 g/mol. The van der Waals surface area contributed by atoms with Gasteiger partial charge in [-0.15, -0.1) is 0 Å². The van der Waals surface area contributed by atoms with Gasteiger partial charge in [0.1, 0.15) is 0 Å². The Balaban J connectivity index is 1.43. The summed E-state index contributed by atoms with van der Waals surface area (Å²) in [5.74, 6) is 1.73. The molecule has 1 aliphatic carbocycles. The van der Waals surface area contributed by atoms with Crippen LogP contribution >= 0.6 is 11.6 Å². The van der Waals surface area contributed by atoms with Gasteiger partial charge >= 0.3 is 0 Å². The average molecular weight is 349 g/mol. The SMILES string of the molecule is Nc1cc(Cl)ccc1CC1CCN(CC2CCCCCCC2)CC1. The van der Waals surface area contributed by atoms with E-state index >= 15 is 0 Å². The van der Waals surface area contributed by atoms with E-state index in [2.05, 4.69) is 11.0 Å². The van der Waals surface area contributed by atoms with Gasteiger partial charge in [-0.1, -0.05) is 49.8 Å². The summed E-state index contributed by atoms with van der Waals surface area (Å²) in [6.45, 7) is 3.89. The molecule has 1 saturated carbocycles. The van der Waals surface area contributed by atoms with Crippen molar-refractivity contribution < 1.29 is 0 Å². The highest BCUT2D eigenvalue weighted by atomic mass is 35.5. The number of piperidine rings is 1. The molecule has 3 heteroatoms. The van der Waals surface area contributed by atoms with Crippen molar-refractivity contribution in [1.29, 1.82) is 0 Å². The van der Waals surface area contributed by atoms with Crippen LogP contribution in [0.25, 0.3) is 0 Å². The molecule has 0 aromatic heterocycles. The highest BCUT2D eigenvalue weighted by molar-refractivity contribution is 6.30. The van der Waals surface area contributed by atoms with Gasteiger partial charge in [0.05, 0.1) is 0 Å². The van der Waals surface area contributed by atoms with E-state index in [1.54, 1.807) is 0 Å². The second-order valence-corrected chi connectivity index (χ2v) is 8.44. The van der Waals surface area contributed by atoms with Gasteiger partial charge in [0.25, 0.3) is 0 Å². The Morgan fingerprint density at radius 2 is 1.58 bits per heavy atom. The van der Waals surface area contributed by atoms with Crippen molar-refractivity contribution in [3.8, 4) is 0 Å². The maximum atomic E-state index is 6.12. The van der Waals surface area contributed by atoms with Crippen molar-refractivity contribution >= 4 is 17.3 Å². The fraction of sp³-hybridized carbons (Fsp3) is 0.714. The first-order valence-corrected chi connectivity index (χ1v) is 10.3. The number of rotatable bonds is 4. The van der Waals surface area contributed by atoms with Crippen LogP contribution in [-0.4, -0.2) is 24.5 Å². The van der Waals surface area contributed by atoms with Gasteiger partial charge in [0.15, 0.2) is 0 Å². The van der Waals surface area contributed by atoms with Crippen molar-refractivity contribution in [1.82, 2.24) is 4.90 Å². The van der Waals surface area contributed by atoms with Gasteiger partial charge < -0.3 is 10.6 Å². The quantitative estimate of drug-likeness (QED) is 0.724. The van der Waals surface area contributed by atoms with Crippen molar-refractivity contribution in [2.75, 3.05) is 25.4 Å². The van der Waals surface area contributed by atoms with Crippen LogP contribution in [0.5, 0.6) is 0 Å². The second-order valence-electron chi connectivity index (χ2n) is 8.00. The summed E-state index contributed by atoms with van der Waals surface area (Å²) >= 11 is 6.01. The largest absolute Gasteiger partial charge is 0.398 e. The molecule has 0 unspecified atom stereocenters. The molecule has 0 bridgehead atoms. The average Bonchev–Trinajstić information content (AvgIpc) is 2.54. The van der Waals surface area contributed by atoms with E-state index in [1.165, 1.54) is 83.0 Å². The number of benzene rings is 1. The molecule has 1 aliphatic heterocycles. The number of halogens is 1. The third kappa shape index (κ3) is 5.39. The first-order chi connectivity index (χ1) is 11.7. The van der Waals surface area contributed by atoms with E-state index in [9.17, 15) is 0 Å². The molecular weight excluding hydrogens is 316 g/mol. The number of nitrogens with zero attached hydrogens (tertiary/aromatic N) is 1. The minimum atomic E-state index is 0.741. The summed E-state index contributed by atoms with van der Waals surface area (Å²) in [7, 11) is 0. The Kier molecular flexibility index (Phi) is 6.85. The predicted molar refractivity (Wildman–Crippen MR) is 105 cm³/mol. The number of anilines is 1. The van der Waals surface area contributed by atoms with Gasteiger partial charge in [-0.3, -0.25) is 0 Å². The molecule has 2 N–H and O–H groups in total. The van der Waals surface area contributed by atoms with Crippen molar-refractivity contribution in [3.63, 3.8) is 0 Å². The zero-order chi connectivity index (χ0) is 16.8. The van der Waals surface area contributed by atoms with Crippen molar-refractivity contribution in [2.45, 2.75) is 64.2 Å². The van der Waals surface area contributed by atoms with E-state index in [-0.39, 0.29) is 0 Å². The lowest BCUT2D eigenvalue weighted by molar-refractivity contribution is 0.149. The molecule has 134 valence electrons. The minimum Gasteiger partial charge on any atom is -0.398 e. The molecule has 1 heterocycles. The standard InChI is InChI=1S/C21H33ClN2/c22-20-9-8-19(21(23)15-20)14-17-10-12-24(13-11-17)16-18-6-4-2-1-3-5-7-18/h8-9,15,17-18H,1-7,10-14,16,23H2. The molecule has 0 spiro atoms. The van der Waals surface area contributed by atoms with Crippen LogP contribution in [0.3, 0.4) is 0 Å². The number of likely N-dealkylation sites (tertiary alicyclic amines) is 1. The van der Waals surface area contributed by atoms with E-state index < -0.39 is 0 Å². The van der Waals surface area contributed by atoms with Crippen LogP contribution in [0.15, 0.2) is 18.2 Å². The molecule has 0 radical (unpaired) electrons. The van der Waals surface area contributed by atoms with Crippen LogP contribution in [-0.2, 0) is 6.42 Å². The number of hydrogen-bond acceptors (Lipinski definition) is 2. The highest BCUT2D eigenvalue weighted by Gasteiger charge is 2.22. The first-order valence-electron chi connectivity index (χ1n) is 9.97. The third-order valence-corrected chi connectivity index (χ3v) is 6.30. The summed E-state index contributed by atoms with van der Waals surface area (Å²) in [5.41, 5.74) is 8.26. The Morgan fingerprint density at radius 1 is 0.917 bits per heavy atom. The molecule has 2 aliphatic rings. The first kappa shape index (κ1) is 18.1. The Hall–Kier alpha value is -0.730. The van der Waals surface area contributed by atoms with E-state index in [4.69, 9.17) is 17.3 Å². The molecule has 0 atom stereocenters. The lowest BCUT2D eigenvalue weighted by atomic mass is 9.87. The second kappa shape index (κ2) is 9.10. The fourth-order valence-corrected chi connectivity index (χ4v) is 4.70. The summed E-state index contributed by atoms with van der Waals surface area (Å²) < 4.78 is 0.